The Bertz CT molecular complexity index is 665. The molecule has 0 amide bonds. The smallest absolute Gasteiger partial charge is 0.362 e. The maximum absolute atomic E-state index is 6.06. The van der Waals surface area contributed by atoms with Gasteiger partial charge in [-0.3, -0.25) is 4.98 Å². The highest BCUT2D eigenvalue weighted by Crippen LogP contribution is 2.50. The Morgan fingerprint density at radius 1 is 0.967 bits per heavy atom. The second-order valence-corrected chi connectivity index (χ2v) is 10.4. The Kier molecular flexibility index (Phi) is 14.0. The zero-order chi connectivity index (χ0) is 22.2. The molecular formula is C22H40N3O3PS. The van der Waals surface area contributed by atoms with Gasteiger partial charge in [0.1, 0.15) is 11.6 Å². The fourth-order valence-corrected chi connectivity index (χ4v) is 4.60. The standard InChI is InChI=1S/C22H40N3O3PS/c1-6-9-12-13-14-22(25(15-10-7-2)16-11-8-3)24-29(30,27-5)28-21-17-20(26-4)18-23-19-21/h17-19H,6-16H2,1-5H3. The van der Waals surface area contributed by atoms with E-state index in [0.717, 1.165) is 57.5 Å². The molecule has 0 bridgehead atoms. The number of hydrogen-bond acceptors (Lipinski definition) is 5. The van der Waals surface area contributed by atoms with Crippen LogP contribution in [0.1, 0.15) is 78.6 Å². The van der Waals surface area contributed by atoms with E-state index in [1.54, 1.807) is 32.7 Å². The molecule has 0 aliphatic rings. The fourth-order valence-electron chi connectivity index (χ4n) is 2.98. The van der Waals surface area contributed by atoms with Crippen LogP contribution < -0.4 is 9.26 Å². The molecule has 0 aromatic carbocycles. The third-order valence-corrected chi connectivity index (χ3v) is 7.09. The third-order valence-electron chi connectivity index (χ3n) is 4.80. The van der Waals surface area contributed by atoms with Crippen LogP contribution in [0.25, 0.3) is 0 Å². The monoisotopic (exact) mass is 457 g/mol. The summed E-state index contributed by atoms with van der Waals surface area (Å²) < 4.78 is 21.9. The van der Waals surface area contributed by atoms with Crippen LogP contribution in [-0.4, -0.2) is 43.0 Å². The van der Waals surface area contributed by atoms with Crippen molar-refractivity contribution in [2.24, 2.45) is 4.76 Å². The van der Waals surface area contributed by atoms with Gasteiger partial charge < -0.3 is 18.7 Å². The number of nitrogens with zero attached hydrogens (tertiary/aromatic N) is 3. The van der Waals surface area contributed by atoms with Crippen molar-refractivity contribution < 1.29 is 13.8 Å². The van der Waals surface area contributed by atoms with Gasteiger partial charge >= 0.3 is 6.64 Å². The Morgan fingerprint density at radius 3 is 2.17 bits per heavy atom. The third kappa shape index (κ3) is 10.2. The minimum atomic E-state index is -2.90. The second-order valence-electron chi connectivity index (χ2n) is 7.32. The Labute approximate surface area is 188 Å². The summed E-state index contributed by atoms with van der Waals surface area (Å²) in [5.41, 5.74) is 0. The van der Waals surface area contributed by atoms with Gasteiger partial charge in [-0.2, -0.15) is 4.76 Å². The molecule has 1 unspecified atom stereocenters. The molecule has 0 fully saturated rings. The Balaban J connectivity index is 3.13. The lowest BCUT2D eigenvalue weighted by atomic mass is 10.1. The van der Waals surface area contributed by atoms with E-state index >= 15 is 0 Å². The summed E-state index contributed by atoms with van der Waals surface area (Å²) >= 11 is 5.77. The minimum absolute atomic E-state index is 0.516. The van der Waals surface area contributed by atoms with Gasteiger partial charge in [0.15, 0.2) is 5.75 Å². The fraction of sp³-hybridized carbons (Fsp3) is 0.727. The number of ether oxygens (including phenoxy) is 1. The van der Waals surface area contributed by atoms with Gasteiger partial charge in [-0.05, 0) is 19.3 Å². The van der Waals surface area contributed by atoms with Crippen molar-refractivity contribution in [3.63, 3.8) is 0 Å². The topological polar surface area (TPSA) is 56.2 Å². The quantitative estimate of drug-likeness (QED) is 0.120. The summed E-state index contributed by atoms with van der Waals surface area (Å²) in [6, 6.07) is 1.76. The van der Waals surface area contributed by atoms with E-state index < -0.39 is 6.64 Å². The molecule has 1 rings (SSSR count). The molecule has 1 aromatic rings. The Hall–Kier alpha value is -1.17. The number of amidine groups is 1. The van der Waals surface area contributed by atoms with Gasteiger partial charge in [0.25, 0.3) is 0 Å². The second kappa shape index (κ2) is 15.6. The molecule has 172 valence electrons. The maximum Gasteiger partial charge on any atom is 0.362 e. The Morgan fingerprint density at radius 2 is 1.60 bits per heavy atom. The molecule has 0 saturated carbocycles. The summed E-state index contributed by atoms with van der Waals surface area (Å²) in [7, 11) is 3.17. The van der Waals surface area contributed by atoms with Gasteiger partial charge in [0.05, 0.1) is 19.5 Å². The van der Waals surface area contributed by atoms with Crippen LogP contribution in [0.4, 0.5) is 0 Å². The molecular weight excluding hydrogens is 417 g/mol. The van der Waals surface area contributed by atoms with Crippen molar-refractivity contribution in [3.05, 3.63) is 18.5 Å². The molecule has 1 aromatic heterocycles. The van der Waals surface area contributed by atoms with Gasteiger partial charge in [-0.25, -0.2) is 0 Å². The number of methoxy groups -OCH3 is 1. The van der Waals surface area contributed by atoms with Crippen molar-refractivity contribution in [1.29, 1.82) is 0 Å². The lowest BCUT2D eigenvalue weighted by Crippen LogP contribution is -2.33. The van der Waals surface area contributed by atoms with Gasteiger partial charge in [0, 0.05) is 44.5 Å². The molecule has 30 heavy (non-hydrogen) atoms. The molecule has 1 heterocycles. The van der Waals surface area contributed by atoms with Crippen LogP contribution in [0.3, 0.4) is 0 Å². The van der Waals surface area contributed by atoms with Crippen molar-refractivity contribution in [2.75, 3.05) is 27.3 Å². The predicted molar refractivity (Wildman–Crippen MR) is 130 cm³/mol. The van der Waals surface area contributed by atoms with Crippen molar-refractivity contribution in [3.8, 4) is 11.5 Å². The van der Waals surface area contributed by atoms with E-state index in [1.807, 2.05) is 0 Å². The maximum atomic E-state index is 6.06. The van der Waals surface area contributed by atoms with E-state index in [0.29, 0.717) is 11.5 Å². The predicted octanol–water partition coefficient (Wildman–Crippen LogP) is 6.61. The van der Waals surface area contributed by atoms with Gasteiger partial charge in [0.2, 0.25) is 0 Å². The number of pyridine rings is 1. The molecule has 6 nitrogen and oxygen atoms in total. The van der Waals surface area contributed by atoms with Crippen molar-refractivity contribution >= 4 is 24.3 Å². The van der Waals surface area contributed by atoms with Crippen LogP contribution in [0.2, 0.25) is 0 Å². The first-order valence-electron chi connectivity index (χ1n) is 11.2. The minimum Gasteiger partial charge on any atom is -0.495 e. The molecule has 0 aliphatic heterocycles. The molecule has 0 saturated heterocycles. The van der Waals surface area contributed by atoms with E-state index in [2.05, 4.69) is 30.7 Å². The molecule has 0 N–H and O–H groups in total. The summed E-state index contributed by atoms with van der Waals surface area (Å²) in [4.78, 5) is 6.54. The highest BCUT2D eigenvalue weighted by atomic mass is 32.5. The summed E-state index contributed by atoms with van der Waals surface area (Å²) in [5, 5.41) is 0. The first-order chi connectivity index (χ1) is 14.5. The first-order valence-corrected chi connectivity index (χ1v) is 13.8. The highest BCUT2D eigenvalue weighted by Gasteiger charge is 2.22. The van der Waals surface area contributed by atoms with E-state index in [-0.39, 0.29) is 0 Å². The highest BCUT2D eigenvalue weighted by molar-refractivity contribution is 8.09. The van der Waals surface area contributed by atoms with Crippen molar-refractivity contribution in [2.45, 2.75) is 78.6 Å². The SMILES string of the molecule is CCCCCCC(=NP(=S)(OC)Oc1cncc(OC)c1)N(CCCC)CCCC. The molecule has 0 spiro atoms. The van der Waals surface area contributed by atoms with E-state index in [9.17, 15) is 0 Å². The summed E-state index contributed by atoms with van der Waals surface area (Å²) in [6.45, 7) is 5.74. The van der Waals surface area contributed by atoms with Crippen molar-refractivity contribution in [1.82, 2.24) is 9.88 Å². The van der Waals surface area contributed by atoms with Crippen LogP contribution >= 0.6 is 6.64 Å². The zero-order valence-electron chi connectivity index (χ0n) is 19.4. The molecule has 0 aliphatic carbocycles. The van der Waals surface area contributed by atoms with Crippen LogP contribution in [0.5, 0.6) is 11.5 Å². The van der Waals surface area contributed by atoms with Crippen LogP contribution in [-0.2, 0) is 16.3 Å². The van der Waals surface area contributed by atoms with Crippen LogP contribution in [0, 0.1) is 0 Å². The normalized spacial score (nSPS) is 13.7. The average molecular weight is 458 g/mol. The van der Waals surface area contributed by atoms with Crippen LogP contribution in [0.15, 0.2) is 23.2 Å². The lowest BCUT2D eigenvalue weighted by molar-refractivity contribution is 0.377. The number of hydrogen-bond donors (Lipinski definition) is 0. The van der Waals surface area contributed by atoms with E-state index in [4.69, 9.17) is 30.4 Å². The summed E-state index contributed by atoms with van der Waals surface area (Å²) in [5.74, 6) is 2.15. The number of unbranched alkanes of at least 4 members (excludes halogenated alkanes) is 5. The molecule has 0 radical (unpaired) electrons. The number of rotatable bonds is 16. The molecule has 1 atom stereocenters. The van der Waals surface area contributed by atoms with Gasteiger partial charge in [-0.1, -0.05) is 52.9 Å². The van der Waals surface area contributed by atoms with E-state index in [1.165, 1.54) is 19.3 Å². The number of aromatic nitrogens is 1. The first kappa shape index (κ1) is 26.9. The summed E-state index contributed by atoms with van der Waals surface area (Å²) in [6.07, 6.45) is 13.4. The largest absolute Gasteiger partial charge is 0.495 e. The zero-order valence-corrected chi connectivity index (χ0v) is 21.1. The average Bonchev–Trinajstić information content (AvgIpc) is 2.76. The lowest BCUT2D eigenvalue weighted by Gasteiger charge is -2.28. The van der Waals surface area contributed by atoms with Gasteiger partial charge in [-0.15, -0.1) is 0 Å². The molecule has 8 heteroatoms.